The number of hydrogen-bond donors (Lipinski definition) is 19. The molecule has 722 valence electrons. The summed E-state index contributed by atoms with van der Waals surface area (Å²) in [5, 5.41) is 119. The fourth-order valence-electron chi connectivity index (χ4n) is 14.3. The van der Waals surface area contributed by atoms with Crippen LogP contribution in [0.5, 0.6) is 0 Å². The molecule has 4 saturated heterocycles. The number of nitrogens with one attached hydrogen (secondary N) is 10. The molecule has 4 fully saturated rings. The van der Waals surface area contributed by atoms with Crippen molar-refractivity contribution in [1.82, 2.24) is 58.1 Å². The van der Waals surface area contributed by atoms with Crippen molar-refractivity contribution < 1.29 is 155 Å². The largest absolute Gasteiger partial charge is 0.394 e. The zero-order valence-electron chi connectivity index (χ0n) is 73.4. The molecular formula is C81H145N11O32P-. The number of aliphatic hydroxyl groups is 9. The van der Waals surface area contributed by atoms with Crippen molar-refractivity contribution in [1.29, 1.82) is 0 Å². The monoisotopic (exact) mass is 1810 g/mol. The summed E-state index contributed by atoms with van der Waals surface area (Å²) in [5.41, 5.74) is -1.44. The van der Waals surface area contributed by atoms with Crippen LogP contribution >= 0.6 is 7.60 Å². The number of unbranched alkanes of at least 4 members (excludes halogenated alkanes) is 10. The van der Waals surface area contributed by atoms with E-state index in [0.29, 0.717) is 83.6 Å². The predicted octanol–water partition coefficient (Wildman–Crippen LogP) is -2.89. The summed E-state index contributed by atoms with van der Waals surface area (Å²) in [6.45, 7) is 8.43. The Bertz CT molecular complexity index is 2970. The lowest BCUT2D eigenvalue weighted by atomic mass is 9.97. The predicted molar refractivity (Wildman–Crippen MR) is 446 cm³/mol. The number of nitrogens with zero attached hydrogens (tertiary/aromatic N) is 1. The molecule has 44 heteroatoms. The third kappa shape index (κ3) is 45.1. The minimum absolute atomic E-state index is 0.0250. The van der Waals surface area contributed by atoms with Crippen LogP contribution in [0.3, 0.4) is 0 Å². The first-order valence-electron chi connectivity index (χ1n) is 43.9. The second-order valence-electron chi connectivity index (χ2n) is 32.1. The van der Waals surface area contributed by atoms with E-state index in [-0.39, 0.29) is 210 Å². The Morgan fingerprint density at radius 2 is 0.704 bits per heavy atom. The van der Waals surface area contributed by atoms with E-state index < -0.39 is 143 Å². The summed E-state index contributed by atoms with van der Waals surface area (Å²) in [4.78, 5) is 142. The number of rotatable bonds is 67. The van der Waals surface area contributed by atoms with Crippen LogP contribution in [0.15, 0.2) is 0 Å². The molecule has 4 aliphatic rings. The Balaban J connectivity index is 1.31. The van der Waals surface area contributed by atoms with Gasteiger partial charge in [0, 0.05) is 145 Å². The van der Waals surface area contributed by atoms with Crippen molar-refractivity contribution in [3.8, 4) is 0 Å². The van der Waals surface area contributed by atoms with Gasteiger partial charge in [-0.05, 0) is 83.0 Å². The van der Waals surface area contributed by atoms with Gasteiger partial charge in [-0.2, -0.15) is 0 Å². The van der Waals surface area contributed by atoms with Crippen LogP contribution in [0.4, 0.5) is 0 Å². The number of amides is 11. The van der Waals surface area contributed by atoms with E-state index in [4.69, 9.17) is 51.7 Å². The summed E-state index contributed by atoms with van der Waals surface area (Å²) in [6, 6.07) is -3.51. The molecule has 0 radical (unpaired) electrons. The standard InChI is InChI=1S/C81H145N11O32P/c1-53-44-57(49-121-125(6,113)114-5)92(45-53)68(106)28-14-12-10-8-7-9-11-13-27-67(105)91-81(50-115-41-29-64(102)85-35-21-32-82-61(99)24-15-18-38-118-78-69(88-54(2)96)75(110)72(107)58(46-93)122-78,51-116-42-30-65(103)86-36-22-33-83-62(100)25-16-19-39-119-79-70(89-55(3)97)76(111)73(108)59(47-94)123-79)52-117-43-31-66(104)87-37-23-34-84-63(101)26-17-20-40-120-80-71(90-56(4)98)77(112)74(109)60(48-95)124-80/h53,57-60,69-80,93-95,107-112H,6-52H2,1-5H3,(H,82,99)(H,83,100)(H,84,101)(H,85,102)(H,86,103)(H,87,104)(H,88,96)(H,89,97)(H,90,98)(H,91,105)/q-1/t53-,57+,58?,59?,60?,69?,70?,71?,72?,73?,74?,75?,76?,77?,78?,79?,80?,81?,125?/m1/s1. The molecule has 43 nitrogen and oxygen atoms in total. The average molecular weight is 1820 g/mol. The molecule has 0 aromatic carbocycles. The molecule has 4 rings (SSSR count). The minimum Gasteiger partial charge on any atom is -0.394 e. The maximum Gasteiger partial charge on any atom is 0.222 e. The Morgan fingerprint density at radius 1 is 0.408 bits per heavy atom. The van der Waals surface area contributed by atoms with Crippen LogP contribution in [-0.4, -0.2) is 358 Å². The number of hydrogen-bond acceptors (Lipinski definition) is 32. The molecule has 0 spiro atoms. The van der Waals surface area contributed by atoms with Crippen molar-refractivity contribution in [3.63, 3.8) is 0 Å². The molecule has 0 aliphatic carbocycles. The van der Waals surface area contributed by atoms with Gasteiger partial charge in [-0.15, -0.1) is 0 Å². The summed E-state index contributed by atoms with van der Waals surface area (Å²) < 4.78 is 74.8. The van der Waals surface area contributed by atoms with E-state index in [1.54, 1.807) is 4.90 Å². The summed E-state index contributed by atoms with van der Waals surface area (Å²) in [5.74, 6) is -3.49. The minimum atomic E-state index is -3.45. The first kappa shape index (κ1) is 111. The molecule has 16 unspecified atom stereocenters. The Labute approximate surface area is 732 Å². The van der Waals surface area contributed by atoms with Crippen LogP contribution in [0, 0.1) is 12.6 Å². The SMILES string of the molecule is [CH2-]P(=O)(OC)OC[C@@H]1C[C@@H](C)CN1C(=O)CCCCCCCCCCC(=O)NC(COCCC(=O)NCCCNC(=O)CCCCOC1OC(CO)C(O)C(O)C1NC(C)=O)(COCCC(=O)NCCCNC(=O)CCCCOC1OC(CO)C(O)C(O)C1NC(C)=O)COCCC(=O)NCCCNC(=O)CCCCOC1OC(CO)C(O)C(O)C1NC(C)=O. The van der Waals surface area contributed by atoms with Crippen LogP contribution in [-0.2, 0) is 109 Å². The molecule has 0 aromatic rings. The van der Waals surface area contributed by atoms with Crippen molar-refractivity contribution in [2.24, 2.45) is 5.92 Å². The van der Waals surface area contributed by atoms with Gasteiger partial charge in [-0.1, -0.05) is 45.4 Å². The second-order valence-corrected chi connectivity index (χ2v) is 34.0. The molecule has 0 aromatic heterocycles. The second kappa shape index (κ2) is 62.8. The van der Waals surface area contributed by atoms with Gasteiger partial charge in [0.15, 0.2) is 26.5 Å². The van der Waals surface area contributed by atoms with Gasteiger partial charge in [-0.3, -0.25) is 57.3 Å². The third-order valence-electron chi connectivity index (χ3n) is 21.2. The van der Waals surface area contributed by atoms with Crippen LogP contribution in [0.25, 0.3) is 0 Å². The lowest BCUT2D eigenvalue weighted by molar-refractivity contribution is -0.270. The smallest absolute Gasteiger partial charge is 0.222 e. The normalized spacial score (nSPS) is 25.2. The van der Waals surface area contributed by atoms with Gasteiger partial charge >= 0.3 is 0 Å². The van der Waals surface area contributed by atoms with Crippen molar-refractivity contribution in [3.05, 3.63) is 6.66 Å². The number of ether oxygens (including phenoxy) is 9. The first-order chi connectivity index (χ1) is 59.8. The Morgan fingerprint density at radius 3 is 1.02 bits per heavy atom. The summed E-state index contributed by atoms with van der Waals surface area (Å²) in [6.07, 6.45) is -4.64. The molecule has 0 saturated carbocycles. The molecule has 0 bridgehead atoms. The van der Waals surface area contributed by atoms with Crippen LogP contribution < -0.4 is 53.2 Å². The fourth-order valence-corrected chi connectivity index (χ4v) is 14.8. The van der Waals surface area contributed by atoms with Crippen LogP contribution in [0.1, 0.15) is 195 Å². The van der Waals surface area contributed by atoms with Gasteiger partial charge in [0.1, 0.15) is 78.6 Å². The lowest BCUT2D eigenvalue weighted by Crippen LogP contribution is -2.64. The highest BCUT2D eigenvalue weighted by Crippen LogP contribution is 2.46. The maximum atomic E-state index is 14.1. The van der Waals surface area contributed by atoms with Crippen LogP contribution in [0.2, 0.25) is 0 Å². The van der Waals surface area contributed by atoms with E-state index >= 15 is 0 Å². The van der Waals surface area contributed by atoms with Crippen molar-refractivity contribution in [2.75, 3.05) is 139 Å². The lowest BCUT2D eigenvalue weighted by Gasteiger charge is -2.42. The quantitative estimate of drug-likeness (QED) is 0.0165. The molecular weight excluding hydrogens is 1670 g/mol. The molecule has 11 amide bonds. The van der Waals surface area contributed by atoms with Crippen molar-refractivity contribution in [2.45, 2.75) is 298 Å². The Hall–Kier alpha value is -6.40. The molecule has 4 aliphatic heterocycles. The van der Waals surface area contributed by atoms with Gasteiger partial charge < -0.3 is 156 Å². The molecule has 4 heterocycles. The topological polar surface area (TPSA) is 612 Å². The number of likely N-dealkylation sites (tertiary alicyclic amines) is 1. The zero-order chi connectivity index (χ0) is 92.1. The van der Waals surface area contributed by atoms with Gasteiger partial charge in [0.2, 0.25) is 65.0 Å². The molecule has 18 atom stereocenters. The highest BCUT2D eigenvalue weighted by Gasteiger charge is 2.48. The fraction of sp³-hybridized carbons (Fsp3) is 0.852. The molecule has 19 N–H and O–H groups in total. The van der Waals surface area contributed by atoms with Crippen molar-refractivity contribution >= 4 is 72.6 Å². The average Bonchev–Trinajstić information content (AvgIpc) is 0.914. The third-order valence-corrected chi connectivity index (χ3v) is 22.3. The van der Waals surface area contributed by atoms with Gasteiger partial charge in [0.05, 0.1) is 72.1 Å². The maximum absolute atomic E-state index is 14.1. The highest BCUT2D eigenvalue weighted by atomic mass is 31.2. The van der Waals surface area contributed by atoms with Gasteiger partial charge in [-0.25, -0.2) is 6.66 Å². The summed E-state index contributed by atoms with van der Waals surface area (Å²) in [7, 11) is -2.18. The summed E-state index contributed by atoms with van der Waals surface area (Å²) >= 11 is 0. The van der Waals surface area contributed by atoms with E-state index in [1.807, 2.05) is 0 Å². The molecule has 125 heavy (non-hydrogen) atoms. The zero-order valence-corrected chi connectivity index (χ0v) is 74.3. The highest BCUT2D eigenvalue weighted by molar-refractivity contribution is 7.55. The number of carbonyl (C=O) groups excluding carboxylic acids is 11. The van der Waals surface area contributed by atoms with E-state index in [1.165, 1.54) is 27.9 Å². The number of carbonyl (C=O) groups is 11. The van der Waals surface area contributed by atoms with E-state index in [0.717, 1.165) is 44.9 Å². The van der Waals surface area contributed by atoms with Gasteiger partial charge in [0.25, 0.3) is 0 Å². The first-order valence-corrected chi connectivity index (χ1v) is 45.6. The van der Waals surface area contributed by atoms with E-state index in [2.05, 4.69) is 66.8 Å². The van der Waals surface area contributed by atoms with E-state index in [9.17, 15) is 103 Å². The Kier molecular flexibility index (Phi) is 55.7. The number of aliphatic hydroxyl groups excluding tert-OH is 9.